The second-order valence-corrected chi connectivity index (χ2v) is 9.00. The Balaban J connectivity index is 2.00. The van der Waals surface area contributed by atoms with Gasteiger partial charge >= 0.3 is 0 Å². The number of carbonyl (C=O) groups is 4. The van der Waals surface area contributed by atoms with Crippen molar-refractivity contribution in [2.75, 3.05) is 14.1 Å². The molecule has 2 unspecified atom stereocenters. The van der Waals surface area contributed by atoms with Crippen molar-refractivity contribution in [2.45, 2.75) is 31.4 Å². The number of fused-ring (bicyclic) bond motifs is 3. The molecule has 1 saturated carbocycles. The monoisotopic (exact) mass is 456 g/mol. The Morgan fingerprint density at radius 2 is 1.79 bits per heavy atom. The summed E-state index contributed by atoms with van der Waals surface area (Å²) in [4.78, 5) is 52.2. The predicted octanol–water partition coefficient (Wildman–Crippen LogP) is 0.167. The van der Waals surface area contributed by atoms with Gasteiger partial charge in [-0.25, -0.2) is 0 Å². The van der Waals surface area contributed by atoms with Gasteiger partial charge in [0.2, 0.25) is 5.78 Å². The minimum atomic E-state index is -2.68. The standard InChI is InChI=1S/C23H24N2O8/c1-8(26)10-4-5-13(27)15-11(10)6-9-7-12-17(25(2)3)19(29)16(22(24)32)21(31)23(12,33)20(30)14(9)18(15)28/h4-5,9,12,17,27-28,31,33H,6-7H2,1-3H3,(H2,24,32)/t9?,12?,17-,23+/m1/s1. The zero-order valence-corrected chi connectivity index (χ0v) is 18.2. The highest BCUT2D eigenvalue weighted by Crippen LogP contribution is 2.52. The van der Waals surface area contributed by atoms with E-state index >= 15 is 0 Å². The second-order valence-electron chi connectivity index (χ2n) is 9.00. The van der Waals surface area contributed by atoms with Crippen LogP contribution in [0.3, 0.4) is 0 Å². The van der Waals surface area contributed by atoms with Gasteiger partial charge in [-0.15, -0.1) is 0 Å². The van der Waals surface area contributed by atoms with Crippen LogP contribution in [0.2, 0.25) is 0 Å². The maximum Gasteiger partial charge on any atom is 0.255 e. The van der Waals surface area contributed by atoms with Gasteiger partial charge in [-0.2, -0.15) is 0 Å². The van der Waals surface area contributed by atoms with E-state index in [1.54, 1.807) is 0 Å². The molecule has 0 bridgehead atoms. The van der Waals surface area contributed by atoms with Gasteiger partial charge in [-0.3, -0.25) is 24.1 Å². The fourth-order valence-electron chi connectivity index (χ4n) is 5.57. The summed E-state index contributed by atoms with van der Waals surface area (Å²) >= 11 is 0. The number of benzene rings is 1. The molecule has 0 aliphatic heterocycles. The van der Waals surface area contributed by atoms with Crippen LogP contribution >= 0.6 is 0 Å². The first-order chi connectivity index (χ1) is 15.3. The lowest BCUT2D eigenvalue weighted by Gasteiger charge is -2.50. The summed E-state index contributed by atoms with van der Waals surface area (Å²) in [7, 11) is 3.05. The van der Waals surface area contributed by atoms with Crippen LogP contribution in [-0.2, 0) is 20.8 Å². The lowest BCUT2D eigenvalue weighted by Crippen LogP contribution is -2.65. The molecule has 4 atom stereocenters. The summed E-state index contributed by atoms with van der Waals surface area (Å²) in [6, 6.07) is 1.50. The molecule has 0 radical (unpaired) electrons. The number of primary amides is 1. The summed E-state index contributed by atoms with van der Waals surface area (Å²) in [5.41, 5.74) is 2.01. The predicted molar refractivity (Wildman–Crippen MR) is 114 cm³/mol. The summed E-state index contributed by atoms with van der Waals surface area (Å²) in [5.74, 6) is -7.48. The molecule has 1 aromatic rings. The van der Waals surface area contributed by atoms with Crippen molar-refractivity contribution in [3.05, 3.63) is 45.7 Å². The Bertz CT molecular complexity index is 1210. The van der Waals surface area contributed by atoms with E-state index in [0.717, 1.165) is 0 Å². The molecular formula is C23H24N2O8. The number of amides is 1. The van der Waals surface area contributed by atoms with Crippen LogP contribution < -0.4 is 5.73 Å². The van der Waals surface area contributed by atoms with Crippen molar-refractivity contribution in [3.8, 4) is 5.75 Å². The molecule has 10 nitrogen and oxygen atoms in total. The maximum absolute atomic E-state index is 13.6. The number of aliphatic hydroxyl groups is 3. The Kier molecular flexibility index (Phi) is 4.99. The van der Waals surface area contributed by atoms with E-state index in [9.17, 15) is 39.6 Å². The summed E-state index contributed by atoms with van der Waals surface area (Å²) in [5, 5.41) is 43.6. The lowest BCUT2D eigenvalue weighted by molar-refractivity contribution is -0.153. The van der Waals surface area contributed by atoms with Crippen molar-refractivity contribution < 1.29 is 39.6 Å². The minimum Gasteiger partial charge on any atom is -0.508 e. The Morgan fingerprint density at radius 1 is 1.15 bits per heavy atom. The SMILES string of the molecule is CC(=O)c1ccc(O)c2c1CC1CC3[C@@H](N(C)C)C(=O)C(C(N)=O)=C(O)[C@@]3(O)C(=O)C1=C2O. The van der Waals surface area contributed by atoms with Gasteiger partial charge in [0.05, 0.1) is 11.6 Å². The number of rotatable bonds is 3. The van der Waals surface area contributed by atoms with E-state index in [4.69, 9.17) is 5.73 Å². The van der Waals surface area contributed by atoms with E-state index in [1.807, 2.05) is 0 Å². The first-order valence-electron chi connectivity index (χ1n) is 10.3. The van der Waals surface area contributed by atoms with Crippen LogP contribution in [0.15, 0.2) is 29.0 Å². The van der Waals surface area contributed by atoms with E-state index in [-0.39, 0.29) is 41.1 Å². The highest BCUT2D eigenvalue weighted by atomic mass is 16.3. The third-order valence-corrected chi connectivity index (χ3v) is 6.98. The number of phenolic OH excluding ortho intramolecular Hbond substituents is 1. The van der Waals surface area contributed by atoms with Crippen molar-refractivity contribution in [1.29, 1.82) is 0 Å². The average Bonchev–Trinajstić information content (AvgIpc) is 2.70. The van der Waals surface area contributed by atoms with Gasteiger partial charge in [0, 0.05) is 17.1 Å². The Labute approximate surface area is 188 Å². The molecule has 3 aliphatic carbocycles. The number of aliphatic hydroxyl groups excluding tert-OH is 2. The minimum absolute atomic E-state index is 0.0290. The molecule has 33 heavy (non-hydrogen) atoms. The number of hydrogen-bond acceptors (Lipinski definition) is 9. The van der Waals surface area contributed by atoms with Crippen LogP contribution in [0.25, 0.3) is 5.76 Å². The van der Waals surface area contributed by atoms with Crippen molar-refractivity contribution in [3.63, 3.8) is 0 Å². The number of ketones is 3. The molecule has 6 N–H and O–H groups in total. The van der Waals surface area contributed by atoms with Crippen LogP contribution in [0.1, 0.15) is 34.8 Å². The van der Waals surface area contributed by atoms with Crippen LogP contribution in [-0.4, -0.2) is 74.3 Å². The fraction of sp³-hybridized carbons (Fsp3) is 0.391. The number of likely N-dealkylation sites (N-methyl/N-ethyl adjacent to an activating group) is 1. The molecule has 1 amide bonds. The molecule has 0 spiro atoms. The molecule has 1 fully saturated rings. The highest BCUT2D eigenvalue weighted by Gasteiger charge is 2.64. The topological polar surface area (TPSA) is 178 Å². The summed E-state index contributed by atoms with van der Waals surface area (Å²) in [6.07, 6.45) is 0.0522. The number of phenols is 1. The molecule has 174 valence electrons. The molecule has 0 heterocycles. The molecule has 1 aromatic carbocycles. The summed E-state index contributed by atoms with van der Waals surface area (Å²) < 4.78 is 0. The highest BCUT2D eigenvalue weighted by molar-refractivity contribution is 6.24. The zero-order chi connectivity index (χ0) is 24.6. The van der Waals surface area contributed by atoms with Crippen molar-refractivity contribution in [1.82, 2.24) is 4.90 Å². The first kappa shape index (κ1) is 22.7. The van der Waals surface area contributed by atoms with E-state index in [2.05, 4.69) is 0 Å². The average molecular weight is 456 g/mol. The lowest BCUT2D eigenvalue weighted by atomic mass is 9.57. The molecule has 3 aliphatic rings. The number of nitrogens with zero attached hydrogens (tertiary/aromatic N) is 1. The fourth-order valence-corrected chi connectivity index (χ4v) is 5.57. The molecule has 10 heteroatoms. The molecule has 4 rings (SSSR count). The van der Waals surface area contributed by atoms with Gasteiger partial charge in [0.15, 0.2) is 17.2 Å². The van der Waals surface area contributed by atoms with Crippen LogP contribution in [0.4, 0.5) is 0 Å². The van der Waals surface area contributed by atoms with Crippen molar-refractivity contribution >= 4 is 29.0 Å². The zero-order valence-electron chi connectivity index (χ0n) is 18.2. The molecule has 0 aromatic heterocycles. The Morgan fingerprint density at radius 3 is 2.33 bits per heavy atom. The van der Waals surface area contributed by atoms with Gasteiger partial charge in [0.25, 0.3) is 5.91 Å². The first-order valence-corrected chi connectivity index (χ1v) is 10.3. The third kappa shape index (κ3) is 2.87. The van der Waals surface area contributed by atoms with Crippen molar-refractivity contribution in [2.24, 2.45) is 17.6 Å². The number of carbonyl (C=O) groups excluding carboxylic acids is 4. The van der Waals surface area contributed by atoms with Gasteiger partial charge in [-0.05, 0) is 57.5 Å². The summed E-state index contributed by atoms with van der Waals surface area (Å²) in [6.45, 7) is 1.34. The normalized spacial score (nSPS) is 29.1. The van der Waals surface area contributed by atoms with Crippen LogP contribution in [0, 0.1) is 11.8 Å². The van der Waals surface area contributed by atoms with E-state index < -0.39 is 58.0 Å². The van der Waals surface area contributed by atoms with Gasteiger partial charge < -0.3 is 26.2 Å². The molecular weight excluding hydrogens is 432 g/mol. The number of hydrogen-bond donors (Lipinski definition) is 5. The maximum atomic E-state index is 13.6. The number of nitrogens with two attached hydrogens (primary N) is 1. The Hall–Kier alpha value is -3.50. The van der Waals surface area contributed by atoms with E-state index in [1.165, 1.54) is 38.1 Å². The smallest absolute Gasteiger partial charge is 0.255 e. The number of aromatic hydroxyl groups is 1. The quantitative estimate of drug-likeness (QED) is 0.313. The van der Waals surface area contributed by atoms with Gasteiger partial charge in [-0.1, -0.05) is 0 Å². The van der Waals surface area contributed by atoms with Crippen LogP contribution in [0.5, 0.6) is 5.75 Å². The largest absolute Gasteiger partial charge is 0.508 e. The second kappa shape index (κ2) is 7.26. The number of Topliss-reactive ketones (excluding diaryl/α,β-unsaturated/α-hetero) is 3. The van der Waals surface area contributed by atoms with E-state index in [0.29, 0.717) is 5.56 Å². The van der Waals surface area contributed by atoms with Gasteiger partial charge in [0.1, 0.15) is 22.8 Å². The third-order valence-electron chi connectivity index (χ3n) is 6.98. The molecule has 0 saturated heterocycles.